The van der Waals surface area contributed by atoms with Gasteiger partial charge in [0, 0.05) is 11.6 Å². The second kappa shape index (κ2) is 11.1. The lowest BCUT2D eigenvalue weighted by atomic mass is 10.1. The molecule has 6 nitrogen and oxygen atoms in total. The van der Waals surface area contributed by atoms with Gasteiger partial charge in [-0.25, -0.2) is 0 Å². The molecule has 1 amide bonds. The van der Waals surface area contributed by atoms with Gasteiger partial charge in [0.15, 0.2) is 0 Å². The van der Waals surface area contributed by atoms with Crippen molar-refractivity contribution in [3.8, 4) is 5.75 Å². The lowest BCUT2D eigenvalue weighted by molar-refractivity contribution is -0.137. The molecule has 0 radical (unpaired) electrons. The summed E-state index contributed by atoms with van der Waals surface area (Å²) in [6, 6.07) is 16.9. The molecule has 0 aliphatic heterocycles. The first-order chi connectivity index (χ1) is 17.9. The van der Waals surface area contributed by atoms with Crippen LogP contribution in [0, 0.1) is 0 Å². The summed E-state index contributed by atoms with van der Waals surface area (Å²) < 4.78 is 75.0. The molecule has 4 aromatic rings. The summed E-state index contributed by atoms with van der Waals surface area (Å²) in [6.45, 7) is 0.0672. The van der Waals surface area contributed by atoms with Crippen LogP contribution >= 0.6 is 23.2 Å². The lowest BCUT2D eigenvalue weighted by Crippen LogP contribution is -2.30. The zero-order chi connectivity index (χ0) is 27.5. The van der Waals surface area contributed by atoms with Crippen LogP contribution in [0.4, 0.5) is 13.2 Å². The molecule has 0 saturated carbocycles. The summed E-state index contributed by atoms with van der Waals surface area (Å²) in [5.74, 6) is -0.0937. The van der Waals surface area contributed by atoms with E-state index in [1.807, 2.05) is 0 Å². The number of hydrogen-bond acceptors (Lipinski definition) is 5. The van der Waals surface area contributed by atoms with Gasteiger partial charge in [0.25, 0.3) is 5.91 Å². The quantitative estimate of drug-likeness (QED) is 0.205. The number of halogens is 5. The Balaban J connectivity index is 1.59. The molecule has 12 heteroatoms. The van der Waals surface area contributed by atoms with E-state index in [0.717, 1.165) is 18.2 Å². The van der Waals surface area contributed by atoms with Crippen LogP contribution in [-0.4, -0.2) is 19.2 Å². The van der Waals surface area contributed by atoms with Gasteiger partial charge in [-0.15, -0.1) is 0 Å². The molecular weight excluding hydrogens is 566 g/mol. The highest BCUT2D eigenvalue weighted by atomic mass is 35.5. The highest BCUT2D eigenvalue weighted by Crippen LogP contribution is 2.31. The van der Waals surface area contributed by atoms with E-state index in [2.05, 4.69) is 0 Å². The van der Waals surface area contributed by atoms with Crippen molar-refractivity contribution in [1.29, 1.82) is 0 Å². The van der Waals surface area contributed by atoms with Crippen molar-refractivity contribution in [3.05, 3.63) is 118 Å². The van der Waals surface area contributed by atoms with Gasteiger partial charge in [-0.1, -0.05) is 41.4 Å². The normalized spacial score (nSPS) is 11.8. The van der Waals surface area contributed by atoms with E-state index < -0.39 is 32.7 Å². The van der Waals surface area contributed by atoms with Crippen molar-refractivity contribution in [1.82, 2.24) is 4.90 Å². The minimum atomic E-state index is -4.72. The maximum Gasteiger partial charge on any atom is 0.416 e. The van der Waals surface area contributed by atoms with Crippen LogP contribution in [0.25, 0.3) is 0 Å². The van der Waals surface area contributed by atoms with Gasteiger partial charge < -0.3 is 13.5 Å². The van der Waals surface area contributed by atoms with Gasteiger partial charge in [-0.2, -0.15) is 21.6 Å². The minimum absolute atomic E-state index is 0.000699. The van der Waals surface area contributed by atoms with Crippen molar-refractivity contribution >= 4 is 39.2 Å². The Hall–Kier alpha value is -3.47. The third kappa shape index (κ3) is 6.69. The van der Waals surface area contributed by atoms with Crippen molar-refractivity contribution in [2.24, 2.45) is 0 Å². The van der Waals surface area contributed by atoms with Crippen LogP contribution < -0.4 is 4.18 Å². The van der Waals surface area contributed by atoms with E-state index in [9.17, 15) is 26.4 Å². The van der Waals surface area contributed by atoms with Gasteiger partial charge >= 0.3 is 16.3 Å². The number of carbonyl (C=O) groups excluding carboxylic acids is 1. The van der Waals surface area contributed by atoms with Crippen molar-refractivity contribution in [2.75, 3.05) is 0 Å². The average Bonchev–Trinajstić information content (AvgIpc) is 3.36. The molecule has 0 aliphatic rings. The van der Waals surface area contributed by atoms with Crippen LogP contribution in [-0.2, 0) is 29.4 Å². The van der Waals surface area contributed by atoms with E-state index in [0.29, 0.717) is 22.4 Å². The van der Waals surface area contributed by atoms with Gasteiger partial charge in [0.1, 0.15) is 16.4 Å². The number of benzene rings is 3. The number of nitrogens with zero attached hydrogens (tertiary/aromatic N) is 1. The van der Waals surface area contributed by atoms with Crippen LogP contribution in [0.3, 0.4) is 0 Å². The maximum atomic E-state index is 13.4. The van der Waals surface area contributed by atoms with Crippen molar-refractivity contribution < 1.29 is 35.0 Å². The van der Waals surface area contributed by atoms with Crippen molar-refractivity contribution in [2.45, 2.75) is 24.2 Å². The van der Waals surface area contributed by atoms with Crippen LogP contribution in [0.1, 0.15) is 27.2 Å². The number of amides is 1. The molecule has 0 atom stereocenters. The highest BCUT2D eigenvalue weighted by Gasteiger charge is 2.32. The van der Waals surface area contributed by atoms with Gasteiger partial charge in [-0.05, 0) is 66.2 Å². The van der Waals surface area contributed by atoms with E-state index in [4.69, 9.17) is 31.8 Å². The third-order valence-electron chi connectivity index (χ3n) is 5.30. The Morgan fingerprint density at radius 3 is 2.37 bits per heavy atom. The standard InChI is InChI=1S/C26H18Cl2F3NO5S/c27-19-9-10-23(24(28)14-19)25(33)32(16-21-7-3-11-36-21)15-17-4-1-6-20(12-17)37-38(34,35)22-8-2-5-18(13-22)26(29,30)31/h1-14H,15-16H2. The van der Waals surface area contributed by atoms with Gasteiger partial charge in [0.05, 0.1) is 29.0 Å². The molecule has 0 N–H and O–H groups in total. The first-order valence-electron chi connectivity index (χ1n) is 10.9. The number of rotatable bonds is 8. The summed E-state index contributed by atoms with van der Waals surface area (Å²) in [6.07, 6.45) is -3.26. The third-order valence-corrected chi connectivity index (χ3v) is 7.09. The number of carbonyl (C=O) groups is 1. The van der Waals surface area contributed by atoms with Crippen LogP contribution in [0.5, 0.6) is 5.75 Å². The number of hydrogen-bond donors (Lipinski definition) is 0. The van der Waals surface area contributed by atoms with E-state index >= 15 is 0 Å². The SMILES string of the molecule is O=C(c1ccc(Cl)cc1Cl)N(Cc1cccc(OS(=O)(=O)c2cccc(C(F)(F)F)c2)c1)Cc1ccco1. The van der Waals surface area contributed by atoms with Gasteiger partial charge in [0.2, 0.25) is 0 Å². The smallest absolute Gasteiger partial charge is 0.416 e. The van der Waals surface area contributed by atoms with E-state index in [-0.39, 0.29) is 29.4 Å². The highest BCUT2D eigenvalue weighted by molar-refractivity contribution is 7.87. The molecule has 0 fully saturated rings. The zero-order valence-corrected chi connectivity index (χ0v) is 21.6. The second-order valence-corrected chi connectivity index (χ2v) is 10.5. The van der Waals surface area contributed by atoms with Crippen molar-refractivity contribution in [3.63, 3.8) is 0 Å². The molecule has 3 aromatic carbocycles. The fraction of sp³-hybridized carbons (Fsp3) is 0.115. The predicted molar refractivity (Wildman–Crippen MR) is 134 cm³/mol. The molecule has 0 aliphatic carbocycles. The van der Waals surface area contributed by atoms with E-state index in [1.54, 1.807) is 18.2 Å². The number of alkyl halides is 3. The first-order valence-corrected chi connectivity index (χ1v) is 13.1. The topological polar surface area (TPSA) is 76.8 Å². The Kier molecular flexibility index (Phi) is 8.05. The minimum Gasteiger partial charge on any atom is -0.467 e. The molecule has 0 unspecified atom stereocenters. The molecule has 1 heterocycles. The monoisotopic (exact) mass is 583 g/mol. The average molecular weight is 584 g/mol. The largest absolute Gasteiger partial charge is 0.467 e. The lowest BCUT2D eigenvalue weighted by Gasteiger charge is -2.23. The van der Waals surface area contributed by atoms with Gasteiger partial charge in [-0.3, -0.25) is 4.79 Å². The molecule has 0 spiro atoms. The Morgan fingerprint density at radius 1 is 0.921 bits per heavy atom. The first kappa shape index (κ1) is 27.6. The fourth-order valence-corrected chi connectivity index (χ4v) is 5.00. The summed E-state index contributed by atoms with van der Waals surface area (Å²) in [4.78, 5) is 14.1. The molecule has 0 bridgehead atoms. The van der Waals surface area contributed by atoms with Crippen LogP contribution in [0.2, 0.25) is 10.0 Å². The summed E-state index contributed by atoms with van der Waals surface area (Å²) >= 11 is 12.2. The molecule has 198 valence electrons. The Morgan fingerprint density at radius 2 is 1.68 bits per heavy atom. The zero-order valence-electron chi connectivity index (χ0n) is 19.3. The predicted octanol–water partition coefficient (Wildman–Crippen LogP) is 7.22. The van der Waals surface area contributed by atoms with Crippen LogP contribution in [0.15, 0.2) is 94.4 Å². The molecule has 4 rings (SSSR count). The molecular formula is C26H18Cl2F3NO5S. The van der Waals surface area contributed by atoms with E-state index in [1.165, 1.54) is 47.6 Å². The summed E-state index contributed by atoms with van der Waals surface area (Å²) in [7, 11) is -4.58. The summed E-state index contributed by atoms with van der Waals surface area (Å²) in [5.41, 5.74) is -0.447. The Bertz CT molecular complexity index is 1560. The number of furan rings is 1. The molecule has 38 heavy (non-hydrogen) atoms. The molecule has 0 saturated heterocycles. The molecule has 1 aromatic heterocycles. The maximum absolute atomic E-state index is 13.4. The fourth-order valence-electron chi connectivity index (χ4n) is 3.54. The summed E-state index contributed by atoms with van der Waals surface area (Å²) in [5, 5.41) is 0.507. The second-order valence-electron chi connectivity index (χ2n) is 8.08. The Labute approximate surface area is 226 Å².